The molecule has 0 aliphatic carbocycles. The second kappa shape index (κ2) is 4.57. The summed E-state index contributed by atoms with van der Waals surface area (Å²) in [6.07, 6.45) is 3.39. The molecule has 0 atom stereocenters. The summed E-state index contributed by atoms with van der Waals surface area (Å²) in [6.45, 7) is 2.19. The van der Waals surface area contributed by atoms with E-state index in [4.69, 9.17) is 4.52 Å². The number of rotatable bonds is 3. The van der Waals surface area contributed by atoms with Gasteiger partial charge in [-0.15, -0.1) is 0 Å². The Kier molecular flexibility index (Phi) is 2.95. The summed E-state index contributed by atoms with van der Waals surface area (Å²) in [4.78, 5) is 15.5. The predicted octanol–water partition coefficient (Wildman–Crippen LogP) is 1.31. The molecule has 0 unspecified atom stereocenters. The summed E-state index contributed by atoms with van der Waals surface area (Å²) in [6, 6.07) is 5.30. The van der Waals surface area contributed by atoms with Crippen molar-refractivity contribution in [2.24, 2.45) is 0 Å². The van der Waals surface area contributed by atoms with Gasteiger partial charge < -0.3 is 9.84 Å². The number of hydrogen-bond acceptors (Lipinski definition) is 4. The maximum Gasteiger partial charge on any atom is 0.290 e. The zero-order chi connectivity index (χ0) is 11.4. The Morgan fingerprint density at radius 1 is 1.56 bits per heavy atom. The molecular formula is C11H11N3O2. The van der Waals surface area contributed by atoms with E-state index in [1.54, 1.807) is 25.4 Å². The molecule has 0 aromatic carbocycles. The maximum absolute atomic E-state index is 11.6. The lowest BCUT2D eigenvalue weighted by Crippen LogP contribution is -2.22. The van der Waals surface area contributed by atoms with E-state index in [0.29, 0.717) is 12.2 Å². The van der Waals surface area contributed by atoms with Crippen LogP contribution in [0.1, 0.15) is 21.8 Å². The minimum atomic E-state index is -0.274. The zero-order valence-electron chi connectivity index (χ0n) is 8.80. The highest BCUT2D eigenvalue weighted by Gasteiger charge is 2.10. The number of hydrogen-bond donors (Lipinski definition) is 1. The first-order valence-corrected chi connectivity index (χ1v) is 4.86. The fraction of sp³-hybridized carbons (Fsp3) is 0.182. The van der Waals surface area contributed by atoms with Crippen molar-refractivity contribution in [1.29, 1.82) is 0 Å². The van der Waals surface area contributed by atoms with Crippen molar-refractivity contribution < 1.29 is 9.32 Å². The first kappa shape index (κ1) is 10.4. The monoisotopic (exact) mass is 217 g/mol. The second-order valence-corrected chi connectivity index (χ2v) is 3.38. The molecule has 2 heterocycles. The fourth-order valence-corrected chi connectivity index (χ4v) is 1.24. The second-order valence-electron chi connectivity index (χ2n) is 3.38. The Hall–Kier alpha value is -2.17. The van der Waals surface area contributed by atoms with Gasteiger partial charge in [-0.2, -0.15) is 0 Å². The molecule has 1 amide bonds. The van der Waals surface area contributed by atoms with Crippen LogP contribution in [0.5, 0.6) is 0 Å². The molecule has 1 N–H and O–H groups in total. The topological polar surface area (TPSA) is 68.0 Å². The molecule has 0 aliphatic rings. The van der Waals surface area contributed by atoms with Crippen LogP contribution in [0.2, 0.25) is 0 Å². The number of nitrogens with zero attached hydrogens (tertiary/aromatic N) is 2. The molecule has 0 saturated carbocycles. The normalized spacial score (nSPS) is 10.1. The highest BCUT2D eigenvalue weighted by molar-refractivity contribution is 5.91. The van der Waals surface area contributed by atoms with Crippen molar-refractivity contribution in [2.75, 3.05) is 0 Å². The van der Waals surface area contributed by atoms with Crippen LogP contribution in [-0.2, 0) is 6.54 Å². The van der Waals surface area contributed by atoms with Gasteiger partial charge in [0.25, 0.3) is 5.91 Å². The molecule has 2 aromatic rings. The number of carbonyl (C=O) groups is 1. The van der Waals surface area contributed by atoms with Gasteiger partial charge >= 0.3 is 0 Å². The lowest BCUT2D eigenvalue weighted by atomic mass is 10.3. The van der Waals surface area contributed by atoms with Gasteiger partial charge in [-0.3, -0.25) is 9.78 Å². The average Bonchev–Trinajstić information content (AvgIpc) is 2.74. The highest BCUT2D eigenvalue weighted by Crippen LogP contribution is 2.02. The highest BCUT2D eigenvalue weighted by atomic mass is 16.5. The molecule has 5 nitrogen and oxygen atoms in total. The van der Waals surface area contributed by atoms with Gasteiger partial charge in [0.15, 0.2) is 0 Å². The molecule has 2 rings (SSSR count). The summed E-state index contributed by atoms with van der Waals surface area (Å²) in [5, 5.41) is 6.36. The van der Waals surface area contributed by atoms with Gasteiger partial charge in [-0.05, 0) is 18.6 Å². The van der Waals surface area contributed by atoms with Crippen LogP contribution in [0.15, 0.2) is 35.1 Å². The molecule has 0 aliphatic heterocycles. The van der Waals surface area contributed by atoms with E-state index in [1.807, 2.05) is 12.1 Å². The molecule has 0 fully saturated rings. The Labute approximate surface area is 92.5 Å². The first-order chi connectivity index (χ1) is 7.75. The van der Waals surface area contributed by atoms with E-state index in [1.165, 1.54) is 0 Å². The van der Waals surface area contributed by atoms with E-state index in [0.717, 1.165) is 5.56 Å². The van der Waals surface area contributed by atoms with Crippen molar-refractivity contribution >= 4 is 5.91 Å². The van der Waals surface area contributed by atoms with Crippen LogP contribution in [0.25, 0.3) is 0 Å². The Balaban J connectivity index is 1.94. The quantitative estimate of drug-likeness (QED) is 0.841. The SMILES string of the molecule is Cc1cc(C(=O)NCc2cccnc2)on1. The maximum atomic E-state index is 11.6. The molecule has 82 valence electrons. The summed E-state index contributed by atoms with van der Waals surface area (Å²) in [7, 11) is 0. The molecule has 0 spiro atoms. The molecule has 0 saturated heterocycles. The largest absolute Gasteiger partial charge is 0.351 e. The smallest absolute Gasteiger partial charge is 0.290 e. The van der Waals surface area contributed by atoms with Gasteiger partial charge in [0.1, 0.15) is 0 Å². The summed E-state index contributed by atoms with van der Waals surface area (Å²) in [5.41, 5.74) is 1.62. The third kappa shape index (κ3) is 2.44. The minimum Gasteiger partial charge on any atom is -0.351 e. The van der Waals surface area contributed by atoms with Crippen LogP contribution >= 0.6 is 0 Å². The summed E-state index contributed by atoms with van der Waals surface area (Å²) < 4.78 is 4.84. The van der Waals surface area contributed by atoms with Gasteiger partial charge in [-0.25, -0.2) is 0 Å². The van der Waals surface area contributed by atoms with E-state index < -0.39 is 0 Å². The average molecular weight is 217 g/mol. The number of amides is 1. The van der Waals surface area contributed by atoms with Crippen LogP contribution in [0.3, 0.4) is 0 Å². The Morgan fingerprint density at radius 2 is 2.44 bits per heavy atom. The van der Waals surface area contributed by atoms with Crippen molar-refractivity contribution in [2.45, 2.75) is 13.5 Å². The van der Waals surface area contributed by atoms with E-state index >= 15 is 0 Å². The number of pyridine rings is 1. The number of aryl methyl sites for hydroxylation is 1. The molecule has 0 radical (unpaired) electrons. The minimum absolute atomic E-state index is 0.224. The number of nitrogens with one attached hydrogen (secondary N) is 1. The standard InChI is InChI=1S/C11H11N3O2/c1-8-5-10(16-14-8)11(15)13-7-9-3-2-4-12-6-9/h2-6H,7H2,1H3,(H,13,15). The predicted molar refractivity (Wildman–Crippen MR) is 56.6 cm³/mol. The molecule has 0 bridgehead atoms. The summed E-state index contributed by atoms with van der Waals surface area (Å²) in [5.74, 6) is -0.0501. The van der Waals surface area contributed by atoms with Crippen LogP contribution < -0.4 is 5.32 Å². The van der Waals surface area contributed by atoms with Crippen molar-refractivity contribution in [1.82, 2.24) is 15.5 Å². The van der Waals surface area contributed by atoms with Crippen molar-refractivity contribution in [3.63, 3.8) is 0 Å². The van der Waals surface area contributed by atoms with Crippen LogP contribution in [0.4, 0.5) is 0 Å². The molecular weight excluding hydrogens is 206 g/mol. The van der Waals surface area contributed by atoms with Gasteiger partial charge in [0.2, 0.25) is 5.76 Å². The lowest BCUT2D eigenvalue weighted by molar-refractivity contribution is 0.0914. The first-order valence-electron chi connectivity index (χ1n) is 4.86. The van der Waals surface area contributed by atoms with Gasteiger partial charge in [-0.1, -0.05) is 11.2 Å². The molecule has 16 heavy (non-hydrogen) atoms. The number of carbonyl (C=O) groups excluding carboxylic acids is 1. The summed E-state index contributed by atoms with van der Waals surface area (Å²) >= 11 is 0. The van der Waals surface area contributed by atoms with Crippen LogP contribution in [0, 0.1) is 6.92 Å². The van der Waals surface area contributed by atoms with E-state index in [2.05, 4.69) is 15.5 Å². The Bertz CT molecular complexity index is 479. The third-order valence-corrected chi connectivity index (χ3v) is 2.03. The Morgan fingerprint density at radius 3 is 3.06 bits per heavy atom. The van der Waals surface area contributed by atoms with Crippen molar-refractivity contribution in [3.05, 3.63) is 47.6 Å². The van der Waals surface area contributed by atoms with Crippen LogP contribution in [-0.4, -0.2) is 16.0 Å². The lowest BCUT2D eigenvalue weighted by Gasteiger charge is -2.01. The van der Waals surface area contributed by atoms with E-state index in [9.17, 15) is 4.79 Å². The zero-order valence-corrected chi connectivity index (χ0v) is 8.80. The van der Waals surface area contributed by atoms with Crippen molar-refractivity contribution in [3.8, 4) is 0 Å². The molecule has 5 heteroatoms. The third-order valence-electron chi connectivity index (χ3n) is 2.03. The number of aromatic nitrogens is 2. The fourth-order valence-electron chi connectivity index (χ4n) is 1.24. The van der Waals surface area contributed by atoms with Gasteiger partial charge in [0.05, 0.1) is 5.69 Å². The van der Waals surface area contributed by atoms with E-state index in [-0.39, 0.29) is 11.7 Å². The van der Waals surface area contributed by atoms with Gasteiger partial charge in [0, 0.05) is 25.0 Å². The molecule has 2 aromatic heterocycles.